The highest BCUT2D eigenvalue weighted by molar-refractivity contribution is 5.16. The molecule has 1 aromatic rings. The van der Waals surface area contributed by atoms with Crippen LogP contribution in [0.1, 0.15) is 17.7 Å². The summed E-state index contributed by atoms with van der Waals surface area (Å²) < 4.78 is 7.26. The number of rotatable bonds is 4. The maximum absolute atomic E-state index is 9.38. The molecule has 1 aliphatic heterocycles. The Bertz CT molecular complexity index is 378. The first kappa shape index (κ1) is 12.5. The van der Waals surface area contributed by atoms with Crippen molar-refractivity contribution in [3.63, 3.8) is 0 Å². The van der Waals surface area contributed by atoms with Crippen molar-refractivity contribution < 1.29 is 9.84 Å². The summed E-state index contributed by atoms with van der Waals surface area (Å²) in [5.74, 6) is 0. The second-order valence-electron chi connectivity index (χ2n) is 4.74. The van der Waals surface area contributed by atoms with Crippen LogP contribution in [0.25, 0.3) is 0 Å². The average Bonchev–Trinajstić information content (AvgIpc) is 2.87. The van der Waals surface area contributed by atoms with Gasteiger partial charge in [-0.2, -0.15) is 5.10 Å². The molecule has 1 aliphatic rings. The van der Waals surface area contributed by atoms with Crippen LogP contribution in [-0.2, 0) is 18.3 Å². The van der Waals surface area contributed by atoms with Gasteiger partial charge in [0.15, 0.2) is 0 Å². The van der Waals surface area contributed by atoms with Gasteiger partial charge in [-0.3, -0.25) is 9.58 Å². The number of aliphatic hydroxyl groups is 1. The number of nitrogens with zero attached hydrogens (tertiary/aromatic N) is 3. The van der Waals surface area contributed by atoms with Crippen molar-refractivity contribution in [3.05, 3.63) is 17.5 Å². The molecule has 1 saturated heterocycles. The molecule has 0 aliphatic carbocycles. The van der Waals surface area contributed by atoms with Crippen LogP contribution < -0.4 is 0 Å². The second-order valence-corrected chi connectivity index (χ2v) is 4.74. The van der Waals surface area contributed by atoms with Gasteiger partial charge in [0.1, 0.15) is 0 Å². The smallest absolute Gasteiger partial charge is 0.0714 e. The van der Waals surface area contributed by atoms with E-state index in [1.165, 1.54) is 11.3 Å². The Hall–Kier alpha value is -0.910. The summed E-state index contributed by atoms with van der Waals surface area (Å²) in [6, 6.07) is 0.208. The Kier molecular flexibility index (Phi) is 3.81. The van der Waals surface area contributed by atoms with E-state index >= 15 is 0 Å². The summed E-state index contributed by atoms with van der Waals surface area (Å²) in [5.41, 5.74) is 2.41. The molecule has 2 atom stereocenters. The first-order valence-corrected chi connectivity index (χ1v) is 6.01. The highest BCUT2D eigenvalue weighted by Crippen LogP contribution is 2.22. The van der Waals surface area contributed by atoms with Gasteiger partial charge in [0.25, 0.3) is 0 Å². The second kappa shape index (κ2) is 5.16. The Morgan fingerprint density at radius 1 is 1.59 bits per heavy atom. The Labute approximate surface area is 102 Å². The lowest BCUT2D eigenvalue weighted by atomic mass is 10.2. The molecule has 5 nitrogen and oxygen atoms in total. The fourth-order valence-electron chi connectivity index (χ4n) is 2.41. The van der Waals surface area contributed by atoms with Crippen molar-refractivity contribution >= 4 is 0 Å². The van der Waals surface area contributed by atoms with E-state index in [-0.39, 0.29) is 18.8 Å². The van der Waals surface area contributed by atoms with Crippen molar-refractivity contribution in [2.24, 2.45) is 7.05 Å². The lowest BCUT2D eigenvalue weighted by molar-refractivity contribution is 0.107. The largest absolute Gasteiger partial charge is 0.395 e. The summed E-state index contributed by atoms with van der Waals surface area (Å²) in [6.07, 6.45) is 3.06. The van der Waals surface area contributed by atoms with Gasteiger partial charge in [0.2, 0.25) is 0 Å². The van der Waals surface area contributed by atoms with E-state index in [2.05, 4.69) is 16.9 Å². The van der Waals surface area contributed by atoms with Gasteiger partial charge >= 0.3 is 0 Å². The van der Waals surface area contributed by atoms with Crippen LogP contribution in [0.5, 0.6) is 0 Å². The molecule has 1 fully saturated rings. The fraction of sp³-hybridized carbons (Fsp3) is 0.750. The third-order valence-electron chi connectivity index (χ3n) is 3.74. The Morgan fingerprint density at radius 3 is 2.88 bits per heavy atom. The van der Waals surface area contributed by atoms with E-state index < -0.39 is 0 Å². The van der Waals surface area contributed by atoms with E-state index in [0.29, 0.717) is 0 Å². The number of ether oxygens (including phenoxy) is 1. The predicted octanol–water partition coefficient (Wildman–Crippen LogP) is 0.310. The summed E-state index contributed by atoms with van der Waals surface area (Å²) in [7, 11) is 3.68. The van der Waals surface area contributed by atoms with Gasteiger partial charge in [-0.1, -0.05) is 0 Å². The number of hydrogen-bond donors (Lipinski definition) is 1. The standard InChI is InChI=1S/C12H21N3O2/c1-9-10(5-13-14(9)2)6-15-7-12(17-3)4-11(15)8-16/h5,11-12,16H,4,6-8H2,1-3H3/t11-,12+/m0/s1. The molecule has 0 spiro atoms. The van der Waals surface area contributed by atoms with Crippen LogP contribution in [0.2, 0.25) is 0 Å². The molecule has 1 aromatic heterocycles. The topological polar surface area (TPSA) is 50.5 Å². The molecule has 0 bridgehead atoms. The first-order valence-electron chi connectivity index (χ1n) is 6.01. The van der Waals surface area contributed by atoms with Gasteiger partial charge in [-0.25, -0.2) is 0 Å². The van der Waals surface area contributed by atoms with Crippen LogP contribution in [0.15, 0.2) is 6.20 Å². The zero-order chi connectivity index (χ0) is 12.4. The first-order chi connectivity index (χ1) is 8.15. The van der Waals surface area contributed by atoms with E-state index in [1.54, 1.807) is 7.11 Å². The van der Waals surface area contributed by atoms with E-state index in [4.69, 9.17) is 4.74 Å². The van der Waals surface area contributed by atoms with E-state index in [0.717, 1.165) is 19.5 Å². The zero-order valence-electron chi connectivity index (χ0n) is 10.8. The third kappa shape index (κ3) is 2.51. The molecular weight excluding hydrogens is 218 g/mol. The molecule has 2 rings (SSSR count). The summed E-state index contributed by atoms with van der Waals surface area (Å²) in [5, 5.41) is 13.6. The number of methoxy groups -OCH3 is 1. The quantitative estimate of drug-likeness (QED) is 0.821. The lowest BCUT2D eigenvalue weighted by Gasteiger charge is -2.21. The number of likely N-dealkylation sites (tertiary alicyclic amines) is 1. The van der Waals surface area contributed by atoms with Crippen LogP contribution in [0, 0.1) is 6.92 Å². The maximum atomic E-state index is 9.38. The van der Waals surface area contributed by atoms with Crippen molar-refractivity contribution in [1.29, 1.82) is 0 Å². The predicted molar refractivity (Wildman–Crippen MR) is 64.6 cm³/mol. The monoisotopic (exact) mass is 239 g/mol. The van der Waals surface area contributed by atoms with Gasteiger partial charge in [-0.05, 0) is 13.3 Å². The zero-order valence-corrected chi connectivity index (χ0v) is 10.8. The minimum absolute atomic E-state index is 0.194. The minimum atomic E-state index is 0.194. The number of aromatic nitrogens is 2. The third-order valence-corrected chi connectivity index (χ3v) is 3.74. The molecular formula is C12H21N3O2. The van der Waals surface area contributed by atoms with Crippen LogP contribution in [-0.4, -0.2) is 52.2 Å². The van der Waals surface area contributed by atoms with Crippen LogP contribution >= 0.6 is 0 Å². The van der Waals surface area contributed by atoms with Crippen LogP contribution in [0.4, 0.5) is 0 Å². The van der Waals surface area contributed by atoms with E-state index in [1.807, 2.05) is 17.9 Å². The fourth-order valence-corrected chi connectivity index (χ4v) is 2.41. The molecule has 96 valence electrons. The Morgan fingerprint density at radius 2 is 2.35 bits per heavy atom. The van der Waals surface area contributed by atoms with Gasteiger partial charge in [0.05, 0.1) is 18.9 Å². The lowest BCUT2D eigenvalue weighted by Crippen LogP contribution is -2.32. The van der Waals surface area contributed by atoms with Crippen molar-refractivity contribution in [3.8, 4) is 0 Å². The molecule has 0 saturated carbocycles. The number of aryl methyl sites for hydroxylation is 1. The van der Waals surface area contributed by atoms with E-state index in [9.17, 15) is 5.11 Å². The summed E-state index contributed by atoms with van der Waals surface area (Å²) in [6.45, 7) is 3.99. The maximum Gasteiger partial charge on any atom is 0.0714 e. The molecule has 2 heterocycles. The normalized spacial score (nSPS) is 25.6. The SMILES string of the molecule is CO[C@@H]1C[C@@H](CO)N(Cc2cnn(C)c2C)C1. The summed E-state index contributed by atoms with van der Waals surface area (Å²) in [4.78, 5) is 2.28. The molecule has 5 heteroatoms. The number of aliphatic hydroxyl groups excluding tert-OH is 1. The van der Waals surface area contributed by atoms with Crippen molar-refractivity contribution in [2.45, 2.75) is 32.0 Å². The molecule has 1 N–H and O–H groups in total. The van der Waals surface area contributed by atoms with Gasteiger partial charge in [0, 0.05) is 44.5 Å². The molecule has 0 amide bonds. The average molecular weight is 239 g/mol. The van der Waals surface area contributed by atoms with Crippen molar-refractivity contribution in [2.75, 3.05) is 20.3 Å². The highest BCUT2D eigenvalue weighted by atomic mass is 16.5. The van der Waals surface area contributed by atoms with Crippen LogP contribution in [0.3, 0.4) is 0 Å². The van der Waals surface area contributed by atoms with Crippen molar-refractivity contribution in [1.82, 2.24) is 14.7 Å². The molecule has 17 heavy (non-hydrogen) atoms. The Balaban J connectivity index is 2.05. The minimum Gasteiger partial charge on any atom is -0.395 e. The molecule has 0 aromatic carbocycles. The molecule has 0 radical (unpaired) electrons. The van der Waals surface area contributed by atoms with Gasteiger partial charge in [-0.15, -0.1) is 0 Å². The van der Waals surface area contributed by atoms with Gasteiger partial charge < -0.3 is 9.84 Å². The highest BCUT2D eigenvalue weighted by Gasteiger charge is 2.31. The molecule has 0 unspecified atom stereocenters. The summed E-state index contributed by atoms with van der Waals surface area (Å²) >= 11 is 0. The number of hydrogen-bond acceptors (Lipinski definition) is 4.